The van der Waals surface area contributed by atoms with Crippen LogP contribution in [0.5, 0.6) is 0 Å². The van der Waals surface area contributed by atoms with Crippen molar-refractivity contribution in [1.82, 2.24) is 0 Å². The van der Waals surface area contributed by atoms with E-state index in [0.717, 1.165) is 25.9 Å². The second-order valence-electron chi connectivity index (χ2n) is 5.17. The van der Waals surface area contributed by atoms with Crippen molar-refractivity contribution in [2.75, 3.05) is 25.1 Å². The van der Waals surface area contributed by atoms with Gasteiger partial charge in [-0.1, -0.05) is 26.0 Å². The number of benzene rings is 1. The molecule has 1 aromatic carbocycles. The summed E-state index contributed by atoms with van der Waals surface area (Å²) in [5.41, 5.74) is 2.77. The molecule has 2 heteroatoms. The minimum atomic E-state index is 0.459. The number of hydrogen-bond donors (Lipinski definition) is 0. The summed E-state index contributed by atoms with van der Waals surface area (Å²) >= 11 is 0. The van der Waals surface area contributed by atoms with Gasteiger partial charge in [-0.3, -0.25) is 0 Å². The minimum absolute atomic E-state index is 0.459. The first-order valence-corrected chi connectivity index (χ1v) is 6.58. The SMILES string of the molecule is COC1CCN(c2ccc(C(C)C)cc2)CC1. The maximum atomic E-state index is 5.40. The molecule has 17 heavy (non-hydrogen) atoms. The van der Waals surface area contributed by atoms with E-state index in [1.54, 1.807) is 0 Å². The monoisotopic (exact) mass is 233 g/mol. The smallest absolute Gasteiger partial charge is 0.0605 e. The van der Waals surface area contributed by atoms with Crippen molar-refractivity contribution in [3.05, 3.63) is 29.8 Å². The zero-order valence-corrected chi connectivity index (χ0v) is 11.1. The molecule has 0 N–H and O–H groups in total. The van der Waals surface area contributed by atoms with Gasteiger partial charge in [0.25, 0.3) is 0 Å². The topological polar surface area (TPSA) is 12.5 Å². The van der Waals surface area contributed by atoms with Crippen LogP contribution in [0.3, 0.4) is 0 Å². The summed E-state index contributed by atoms with van der Waals surface area (Å²) in [5.74, 6) is 0.614. The molecule has 0 aromatic heterocycles. The number of rotatable bonds is 3. The van der Waals surface area contributed by atoms with Crippen molar-refractivity contribution in [3.8, 4) is 0 Å². The molecule has 1 fully saturated rings. The van der Waals surface area contributed by atoms with Gasteiger partial charge in [-0.15, -0.1) is 0 Å². The molecule has 2 rings (SSSR count). The highest BCUT2D eigenvalue weighted by Gasteiger charge is 2.18. The van der Waals surface area contributed by atoms with Gasteiger partial charge in [0.15, 0.2) is 0 Å². The van der Waals surface area contributed by atoms with E-state index in [1.807, 2.05) is 7.11 Å². The number of nitrogens with zero attached hydrogens (tertiary/aromatic N) is 1. The van der Waals surface area contributed by atoms with Gasteiger partial charge < -0.3 is 9.64 Å². The zero-order chi connectivity index (χ0) is 12.3. The molecule has 0 amide bonds. The predicted octanol–water partition coefficient (Wildman–Crippen LogP) is 3.43. The van der Waals surface area contributed by atoms with E-state index in [9.17, 15) is 0 Å². The lowest BCUT2D eigenvalue weighted by atomic mass is 10.0. The molecule has 1 heterocycles. The maximum Gasteiger partial charge on any atom is 0.0605 e. The highest BCUT2D eigenvalue weighted by molar-refractivity contribution is 5.48. The van der Waals surface area contributed by atoms with Crippen LogP contribution in [0.1, 0.15) is 38.2 Å². The molecular weight excluding hydrogens is 210 g/mol. The van der Waals surface area contributed by atoms with Crippen molar-refractivity contribution in [1.29, 1.82) is 0 Å². The van der Waals surface area contributed by atoms with E-state index in [4.69, 9.17) is 4.74 Å². The van der Waals surface area contributed by atoms with Crippen molar-refractivity contribution in [2.24, 2.45) is 0 Å². The molecule has 1 saturated heterocycles. The molecule has 94 valence electrons. The van der Waals surface area contributed by atoms with Gasteiger partial charge in [-0.25, -0.2) is 0 Å². The van der Waals surface area contributed by atoms with E-state index in [1.165, 1.54) is 11.3 Å². The summed E-state index contributed by atoms with van der Waals surface area (Å²) in [4.78, 5) is 2.46. The summed E-state index contributed by atoms with van der Waals surface area (Å²) in [6, 6.07) is 9.01. The number of anilines is 1. The summed E-state index contributed by atoms with van der Waals surface area (Å²) in [6.07, 6.45) is 2.74. The zero-order valence-electron chi connectivity index (χ0n) is 11.1. The molecule has 0 radical (unpaired) electrons. The third-order valence-electron chi connectivity index (χ3n) is 3.70. The lowest BCUT2D eigenvalue weighted by Gasteiger charge is -2.33. The van der Waals surface area contributed by atoms with Crippen LogP contribution in [0, 0.1) is 0 Å². The molecule has 1 aromatic rings. The van der Waals surface area contributed by atoms with Crippen LogP contribution in [0.4, 0.5) is 5.69 Å². The maximum absolute atomic E-state index is 5.40. The first kappa shape index (κ1) is 12.4. The van der Waals surface area contributed by atoms with Crippen LogP contribution in [-0.2, 0) is 4.74 Å². The highest BCUT2D eigenvalue weighted by atomic mass is 16.5. The molecule has 0 atom stereocenters. The first-order chi connectivity index (χ1) is 8.20. The Kier molecular flexibility index (Phi) is 4.06. The summed E-state index contributed by atoms with van der Waals surface area (Å²) in [7, 11) is 1.82. The van der Waals surface area contributed by atoms with Crippen LogP contribution in [0.15, 0.2) is 24.3 Å². The molecule has 1 aliphatic heterocycles. The Bertz CT molecular complexity index is 336. The lowest BCUT2D eigenvalue weighted by molar-refractivity contribution is 0.0819. The van der Waals surface area contributed by atoms with E-state index >= 15 is 0 Å². The van der Waals surface area contributed by atoms with Crippen LogP contribution >= 0.6 is 0 Å². The molecule has 0 saturated carbocycles. The predicted molar refractivity (Wildman–Crippen MR) is 72.8 cm³/mol. The van der Waals surface area contributed by atoms with Gasteiger partial charge in [0.1, 0.15) is 0 Å². The third-order valence-corrected chi connectivity index (χ3v) is 3.70. The minimum Gasteiger partial charge on any atom is -0.381 e. The van der Waals surface area contributed by atoms with Crippen molar-refractivity contribution < 1.29 is 4.74 Å². The Labute approximate surface area is 105 Å². The Morgan fingerprint density at radius 3 is 2.18 bits per heavy atom. The van der Waals surface area contributed by atoms with Crippen LogP contribution in [-0.4, -0.2) is 26.3 Å². The summed E-state index contributed by atoms with van der Waals surface area (Å²) < 4.78 is 5.40. The number of piperidine rings is 1. The van der Waals surface area contributed by atoms with Crippen LogP contribution in [0.2, 0.25) is 0 Å². The average Bonchev–Trinajstić information content (AvgIpc) is 2.39. The second kappa shape index (κ2) is 5.54. The molecule has 0 unspecified atom stereocenters. The quantitative estimate of drug-likeness (QED) is 0.793. The van der Waals surface area contributed by atoms with E-state index in [-0.39, 0.29) is 0 Å². The molecular formula is C15H23NO. The summed E-state index contributed by atoms with van der Waals surface area (Å²) in [6.45, 7) is 6.69. The van der Waals surface area contributed by atoms with Crippen molar-refractivity contribution >= 4 is 5.69 Å². The average molecular weight is 233 g/mol. The highest BCUT2D eigenvalue weighted by Crippen LogP contribution is 2.23. The normalized spacial score (nSPS) is 17.8. The fraction of sp³-hybridized carbons (Fsp3) is 0.600. The van der Waals surface area contributed by atoms with Gasteiger partial charge >= 0.3 is 0 Å². The Morgan fingerprint density at radius 1 is 1.12 bits per heavy atom. The second-order valence-corrected chi connectivity index (χ2v) is 5.17. The van der Waals surface area contributed by atoms with E-state index < -0.39 is 0 Å². The fourth-order valence-corrected chi connectivity index (χ4v) is 2.42. The van der Waals surface area contributed by atoms with Crippen molar-refractivity contribution in [2.45, 2.75) is 38.7 Å². The lowest BCUT2D eigenvalue weighted by Crippen LogP contribution is -2.36. The fourth-order valence-electron chi connectivity index (χ4n) is 2.42. The van der Waals surface area contributed by atoms with Gasteiger partial charge in [-0.05, 0) is 36.5 Å². The summed E-state index contributed by atoms with van der Waals surface area (Å²) in [5, 5.41) is 0. The van der Waals surface area contributed by atoms with Crippen LogP contribution < -0.4 is 4.90 Å². The Hall–Kier alpha value is -1.02. The van der Waals surface area contributed by atoms with E-state index in [2.05, 4.69) is 43.0 Å². The number of methoxy groups -OCH3 is 1. The molecule has 1 aliphatic rings. The Balaban J connectivity index is 1.99. The Morgan fingerprint density at radius 2 is 1.71 bits per heavy atom. The van der Waals surface area contributed by atoms with Crippen molar-refractivity contribution in [3.63, 3.8) is 0 Å². The van der Waals surface area contributed by atoms with Gasteiger partial charge in [-0.2, -0.15) is 0 Å². The van der Waals surface area contributed by atoms with Gasteiger partial charge in [0.2, 0.25) is 0 Å². The standard InChI is InChI=1S/C15H23NO/c1-12(2)13-4-6-14(7-5-13)16-10-8-15(17-3)9-11-16/h4-7,12,15H,8-11H2,1-3H3. The largest absolute Gasteiger partial charge is 0.381 e. The van der Waals surface area contributed by atoms with Gasteiger partial charge in [0.05, 0.1) is 6.10 Å². The molecule has 0 bridgehead atoms. The molecule has 2 nitrogen and oxygen atoms in total. The number of ether oxygens (including phenoxy) is 1. The number of hydrogen-bond acceptors (Lipinski definition) is 2. The molecule has 0 spiro atoms. The third kappa shape index (κ3) is 3.01. The first-order valence-electron chi connectivity index (χ1n) is 6.58. The van der Waals surface area contributed by atoms with E-state index in [0.29, 0.717) is 12.0 Å². The van der Waals surface area contributed by atoms with Gasteiger partial charge in [0, 0.05) is 25.9 Å². The molecule has 0 aliphatic carbocycles. The van der Waals surface area contributed by atoms with Crippen LogP contribution in [0.25, 0.3) is 0 Å².